The van der Waals surface area contributed by atoms with Crippen LogP contribution in [0.1, 0.15) is 64.0 Å². The lowest BCUT2D eigenvalue weighted by Crippen LogP contribution is -2.35. The van der Waals surface area contributed by atoms with E-state index < -0.39 is 0 Å². The monoisotopic (exact) mass is 263 g/mol. The Balaban J connectivity index is 1.94. The zero-order chi connectivity index (χ0) is 13.7. The van der Waals surface area contributed by atoms with Gasteiger partial charge in [-0.15, -0.1) is 0 Å². The fourth-order valence-corrected chi connectivity index (χ4v) is 3.26. The molecule has 0 aromatic heterocycles. The summed E-state index contributed by atoms with van der Waals surface area (Å²) in [6, 6.07) is 7.64. The van der Waals surface area contributed by atoms with Crippen molar-refractivity contribution in [1.29, 1.82) is 0 Å². The average molecular weight is 263 g/mol. The van der Waals surface area contributed by atoms with Gasteiger partial charge >= 0.3 is 0 Å². The molecule has 0 aliphatic heterocycles. The summed E-state index contributed by atoms with van der Waals surface area (Å²) >= 11 is 0. The van der Waals surface area contributed by atoms with E-state index in [0.29, 0.717) is 6.04 Å². The molecule has 0 radical (unpaired) electrons. The van der Waals surface area contributed by atoms with E-state index in [2.05, 4.69) is 19.2 Å². The van der Waals surface area contributed by atoms with Crippen molar-refractivity contribution in [2.75, 3.05) is 0 Å². The number of hydrogen-bond acceptors (Lipinski definition) is 1. The summed E-state index contributed by atoms with van der Waals surface area (Å²) in [5, 5.41) is 3.59. The molecule has 1 aromatic carbocycles. The summed E-state index contributed by atoms with van der Waals surface area (Å²) in [7, 11) is 0. The van der Waals surface area contributed by atoms with E-state index in [-0.39, 0.29) is 11.9 Å². The van der Waals surface area contributed by atoms with Crippen LogP contribution in [0, 0.1) is 11.7 Å². The third kappa shape index (κ3) is 4.04. The number of benzene rings is 1. The number of rotatable bonds is 4. The van der Waals surface area contributed by atoms with Gasteiger partial charge in [-0.05, 0) is 38.7 Å². The van der Waals surface area contributed by atoms with E-state index in [0.717, 1.165) is 11.5 Å². The molecule has 2 rings (SSSR count). The molecule has 0 amide bonds. The lowest BCUT2D eigenvalue weighted by molar-refractivity contribution is 0.314. The molecular weight excluding hydrogens is 237 g/mol. The molecule has 106 valence electrons. The minimum Gasteiger partial charge on any atom is -0.307 e. The molecule has 1 aliphatic carbocycles. The predicted molar refractivity (Wildman–Crippen MR) is 78.6 cm³/mol. The van der Waals surface area contributed by atoms with E-state index in [1.165, 1.54) is 38.5 Å². The van der Waals surface area contributed by atoms with Gasteiger partial charge in [0.25, 0.3) is 0 Å². The highest BCUT2D eigenvalue weighted by molar-refractivity contribution is 5.20. The van der Waals surface area contributed by atoms with Crippen molar-refractivity contribution < 1.29 is 4.39 Å². The highest BCUT2D eigenvalue weighted by atomic mass is 19.1. The zero-order valence-corrected chi connectivity index (χ0v) is 12.2. The van der Waals surface area contributed by atoms with Crippen LogP contribution in [0.5, 0.6) is 0 Å². The molecule has 1 unspecified atom stereocenters. The lowest BCUT2D eigenvalue weighted by Gasteiger charge is -2.27. The van der Waals surface area contributed by atoms with E-state index in [1.54, 1.807) is 12.1 Å². The Morgan fingerprint density at radius 3 is 2.32 bits per heavy atom. The standard InChI is InChI=1S/C17H26FN/c1-13(15-9-5-3-4-6-10-15)19-14(2)16-11-7-8-12-17(16)18/h7-8,11-15,19H,3-6,9-10H2,1-2H3/t13-,14?/m0/s1. The predicted octanol–water partition coefficient (Wildman–Crippen LogP) is 4.84. The highest BCUT2D eigenvalue weighted by Crippen LogP contribution is 2.27. The van der Waals surface area contributed by atoms with Gasteiger partial charge < -0.3 is 5.32 Å². The Bertz CT molecular complexity index is 383. The summed E-state index contributed by atoms with van der Waals surface area (Å²) in [6.07, 6.45) is 8.10. The largest absolute Gasteiger partial charge is 0.307 e. The van der Waals surface area contributed by atoms with Crippen LogP contribution in [0.3, 0.4) is 0 Å². The van der Waals surface area contributed by atoms with Crippen molar-refractivity contribution in [3.8, 4) is 0 Å². The molecule has 19 heavy (non-hydrogen) atoms. The van der Waals surface area contributed by atoms with Gasteiger partial charge in [0.05, 0.1) is 0 Å². The SMILES string of the molecule is CC(N[C@@H](C)C1CCCCCC1)c1ccccc1F. The van der Waals surface area contributed by atoms with Gasteiger partial charge in [0.2, 0.25) is 0 Å². The van der Waals surface area contributed by atoms with Crippen molar-refractivity contribution in [1.82, 2.24) is 5.32 Å². The van der Waals surface area contributed by atoms with Crippen LogP contribution in [0.25, 0.3) is 0 Å². The van der Waals surface area contributed by atoms with Gasteiger partial charge in [0.1, 0.15) is 5.82 Å². The van der Waals surface area contributed by atoms with Crippen molar-refractivity contribution >= 4 is 0 Å². The maximum atomic E-state index is 13.8. The number of nitrogens with one attached hydrogen (secondary N) is 1. The maximum absolute atomic E-state index is 13.8. The first-order valence-electron chi connectivity index (χ1n) is 7.69. The smallest absolute Gasteiger partial charge is 0.127 e. The first-order valence-corrected chi connectivity index (χ1v) is 7.69. The summed E-state index contributed by atoms with van der Waals surface area (Å²) in [5.41, 5.74) is 0.781. The van der Waals surface area contributed by atoms with Crippen molar-refractivity contribution in [2.45, 2.75) is 64.5 Å². The quantitative estimate of drug-likeness (QED) is 0.767. The normalized spacial score (nSPS) is 20.8. The topological polar surface area (TPSA) is 12.0 Å². The lowest BCUT2D eigenvalue weighted by atomic mass is 9.92. The van der Waals surface area contributed by atoms with Crippen LogP contribution in [0.15, 0.2) is 24.3 Å². The van der Waals surface area contributed by atoms with Crippen LogP contribution in [-0.4, -0.2) is 6.04 Å². The van der Waals surface area contributed by atoms with Gasteiger partial charge in [0, 0.05) is 17.6 Å². The van der Waals surface area contributed by atoms with E-state index >= 15 is 0 Å². The van der Waals surface area contributed by atoms with Crippen LogP contribution in [0.2, 0.25) is 0 Å². The Morgan fingerprint density at radius 1 is 1.05 bits per heavy atom. The summed E-state index contributed by atoms with van der Waals surface area (Å²) in [5.74, 6) is 0.646. The molecule has 0 saturated heterocycles. The van der Waals surface area contributed by atoms with Gasteiger partial charge in [-0.1, -0.05) is 43.9 Å². The molecular formula is C17H26FN. The van der Waals surface area contributed by atoms with E-state index in [1.807, 2.05) is 12.1 Å². The first kappa shape index (κ1) is 14.5. The average Bonchev–Trinajstić information content (AvgIpc) is 2.68. The van der Waals surface area contributed by atoms with Crippen molar-refractivity contribution in [3.05, 3.63) is 35.6 Å². The fourth-order valence-electron chi connectivity index (χ4n) is 3.26. The van der Waals surface area contributed by atoms with Gasteiger partial charge in [-0.2, -0.15) is 0 Å². The summed E-state index contributed by atoms with van der Waals surface area (Å²) in [4.78, 5) is 0. The van der Waals surface area contributed by atoms with Crippen LogP contribution < -0.4 is 5.32 Å². The van der Waals surface area contributed by atoms with Crippen LogP contribution in [0.4, 0.5) is 4.39 Å². The fraction of sp³-hybridized carbons (Fsp3) is 0.647. The van der Waals surface area contributed by atoms with Crippen molar-refractivity contribution in [3.63, 3.8) is 0 Å². The third-order valence-corrected chi connectivity index (χ3v) is 4.49. The summed E-state index contributed by atoms with van der Waals surface area (Å²) in [6.45, 7) is 4.32. The summed E-state index contributed by atoms with van der Waals surface area (Å²) < 4.78 is 13.8. The zero-order valence-electron chi connectivity index (χ0n) is 12.2. The first-order chi connectivity index (χ1) is 9.18. The van der Waals surface area contributed by atoms with E-state index in [4.69, 9.17) is 0 Å². The number of halogens is 1. The van der Waals surface area contributed by atoms with Crippen LogP contribution in [-0.2, 0) is 0 Å². The van der Waals surface area contributed by atoms with Gasteiger partial charge in [-0.3, -0.25) is 0 Å². The molecule has 2 atom stereocenters. The van der Waals surface area contributed by atoms with E-state index in [9.17, 15) is 4.39 Å². The van der Waals surface area contributed by atoms with Gasteiger partial charge in [-0.25, -0.2) is 4.39 Å². The molecule has 0 spiro atoms. The van der Waals surface area contributed by atoms with Crippen molar-refractivity contribution in [2.24, 2.45) is 5.92 Å². The van der Waals surface area contributed by atoms with Gasteiger partial charge in [0.15, 0.2) is 0 Å². The minimum atomic E-state index is -0.101. The second kappa shape index (κ2) is 7.04. The Kier molecular flexibility index (Phi) is 5.38. The molecule has 1 N–H and O–H groups in total. The Labute approximate surface area is 116 Å². The molecule has 1 nitrogen and oxygen atoms in total. The minimum absolute atomic E-state index is 0.0828. The molecule has 1 saturated carbocycles. The molecule has 1 aromatic rings. The molecule has 0 heterocycles. The molecule has 2 heteroatoms. The molecule has 1 aliphatic rings. The Morgan fingerprint density at radius 2 is 1.68 bits per heavy atom. The third-order valence-electron chi connectivity index (χ3n) is 4.49. The Hall–Kier alpha value is -0.890. The molecule has 0 bridgehead atoms. The highest BCUT2D eigenvalue weighted by Gasteiger charge is 2.21. The molecule has 1 fully saturated rings. The maximum Gasteiger partial charge on any atom is 0.127 e. The number of hydrogen-bond donors (Lipinski definition) is 1. The van der Waals surface area contributed by atoms with Crippen LogP contribution >= 0.6 is 0 Å². The second-order valence-corrected chi connectivity index (χ2v) is 5.95. The second-order valence-electron chi connectivity index (χ2n) is 5.95.